The van der Waals surface area contributed by atoms with Gasteiger partial charge in [0.05, 0.1) is 31.2 Å². The van der Waals surface area contributed by atoms with Gasteiger partial charge in [0, 0.05) is 25.7 Å². The zero-order valence-corrected chi connectivity index (χ0v) is 23.3. The minimum absolute atomic E-state index is 0.102. The quantitative estimate of drug-likeness (QED) is 0.576. The van der Waals surface area contributed by atoms with Gasteiger partial charge < -0.3 is 24.8 Å². The highest BCUT2D eigenvalue weighted by Gasteiger charge is 2.41. The van der Waals surface area contributed by atoms with E-state index in [1.165, 1.54) is 25.7 Å². The second-order valence-electron chi connectivity index (χ2n) is 11.2. The number of aromatic nitrogens is 2. The zero-order chi connectivity index (χ0) is 27.1. The minimum atomic E-state index is -0.216. The van der Waals surface area contributed by atoms with E-state index in [0.29, 0.717) is 30.8 Å². The number of likely N-dealkylation sites (tertiary alicyclic amines) is 1. The minimum Gasteiger partial charge on any atom is -0.494 e. The van der Waals surface area contributed by atoms with Gasteiger partial charge in [-0.1, -0.05) is 19.8 Å². The predicted octanol–water partition coefficient (Wildman–Crippen LogP) is 3.72. The summed E-state index contributed by atoms with van der Waals surface area (Å²) in [5.41, 5.74) is 3.54. The lowest BCUT2D eigenvalue weighted by molar-refractivity contribution is -0.120. The Balaban J connectivity index is 1.28. The summed E-state index contributed by atoms with van der Waals surface area (Å²) in [6.07, 6.45) is 10.1. The predicted molar refractivity (Wildman–Crippen MR) is 152 cm³/mol. The fraction of sp³-hybridized carbons (Fsp3) is 0.586. The molecule has 1 aliphatic carbocycles. The van der Waals surface area contributed by atoms with Crippen molar-refractivity contribution in [2.45, 2.75) is 70.4 Å². The van der Waals surface area contributed by atoms with E-state index in [0.717, 1.165) is 67.2 Å². The van der Waals surface area contributed by atoms with E-state index in [1.54, 1.807) is 18.2 Å². The van der Waals surface area contributed by atoms with Crippen LogP contribution in [0, 0.1) is 0 Å². The smallest absolute Gasteiger partial charge is 0.249 e. The van der Waals surface area contributed by atoms with Crippen LogP contribution in [0.4, 0.5) is 28.8 Å². The van der Waals surface area contributed by atoms with Crippen LogP contribution in [-0.2, 0) is 16.0 Å². The summed E-state index contributed by atoms with van der Waals surface area (Å²) < 4.78 is 5.76. The maximum Gasteiger partial charge on any atom is 0.249 e. The molecule has 10 nitrogen and oxygen atoms in total. The number of rotatable bonds is 7. The number of ether oxygens (including phenoxy) is 1. The molecule has 3 aliphatic heterocycles. The monoisotopic (exact) mass is 533 g/mol. The normalized spacial score (nSPS) is 21.5. The molecular formula is C29H39N7O3. The van der Waals surface area contributed by atoms with Gasteiger partial charge in [-0.05, 0) is 63.2 Å². The van der Waals surface area contributed by atoms with Gasteiger partial charge in [-0.3, -0.25) is 14.5 Å². The number of amides is 2. The zero-order valence-electron chi connectivity index (χ0n) is 23.3. The Bertz CT molecular complexity index is 1260. The first-order valence-electron chi connectivity index (χ1n) is 14.4. The van der Waals surface area contributed by atoms with Crippen molar-refractivity contribution in [2.75, 3.05) is 60.4 Å². The number of methoxy groups -OCH3 is 1. The van der Waals surface area contributed by atoms with Gasteiger partial charge in [-0.15, -0.1) is 0 Å². The third-order valence-corrected chi connectivity index (χ3v) is 8.81. The summed E-state index contributed by atoms with van der Waals surface area (Å²) in [6.45, 7) is 5.22. The Morgan fingerprint density at radius 1 is 1.10 bits per heavy atom. The van der Waals surface area contributed by atoms with Crippen molar-refractivity contribution in [2.24, 2.45) is 0 Å². The molecule has 0 radical (unpaired) electrons. The van der Waals surface area contributed by atoms with Crippen LogP contribution in [0.3, 0.4) is 0 Å². The number of hydrogen-bond acceptors (Lipinski definition) is 8. The van der Waals surface area contributed by atoms with E-state index in [4.69, 9.17) is 9.72 Å². The average Bonchev–Trinajstić information content (AvgIpc) is 3.72. The average molecular weight is 534 g/mol. The molecule has 4 heterocycles. The second-order valence-corrected chi connectivity index (χ2v) is 11.2. The van der Waals surface area contributed by atoms with Gasteiger partial charge in [-0.2, -0.15) is 4.98 Å². The largest absolute Gasteiger partial charge is 0.494 e. The molecule has 0 unspecified atom stereocenters. The molecule has 208 valence electrons. The highest BCUT2D eigenvalue weighted by molar-refractivity contribution is 6.04. The number of nitrogens with one attached hydrogen (secondary N) is 1. The van der Waals surface area contributed by atoms with Crippen molar-refractivity contribution in [1.29, 1.82) is 0 Å². The SMILES string of the molecule is CC[C@@H]1C(=O)N(C)c2cnc(Nc3cc4c(cc3OC)N(C(=O)CN3CCCC3)CC4)nc2N1C1CCCC1. The Labute approximate surface area is 230 Å². The number of nitrogens with zero attached hydrogens (tertiary/aromatic N) is 6. The number of hydrogen-bond donors (Lipinski definition) is 1. The molecule has 2 aromatic rings. The van der Waals surface area contributed by atoms with Crippen LogP contribution in [0.1, 0.15) is 57.4 Å². The maximum absolute atomic E-state index is 13.2. The Morgan fingerprint density at radius 3 is 2.59 bits per heavy atom. The molecule has 1 aromatic heterocycles. The van der Waals surface area contributed by atoms with Crippen LogP contribution >= 0.6 is 0 Å². The van der Waals surface area contributed by atoms with Crippen molar-refractivity contribution >= 4 is 40.6 Å². The first-order valence-corrected chi connectivity index (χ1v) is 14.4. The lowest BCUT2D eigenvalue weighted by Crippen LogP contribution is -2.55. The second kappa shape index (κ2) is 10.6. The van der Waals surface area contributed by atoms with Crippen molar-refractivity contribution < 1.29 is 14.3 Å². The topological polar surface area (TPSA) is 94.1 Å². The van der Waals surface area contributed by atoms with Crippen LogP contribution in [0.5, 0.6) is 5.75 Å². The summed E-state index contributed by atoms with van der Waals surface area (Å²) in [5.74, 6) is 2.17. The number of carbonyl (C=O) groups is 2. The lowest BCUT2D eigenvalue weighted by Gasteiger charge is -2.43. The maximum atomic E-state index is 13.2. The van der Waals surface area contributed by atoms with E-state index in [2.05, 4.69) is 33.1 Å². The fourth-order valence-corrected chi connectivity index (χ4v) is 6.72. The summed E-state index contributed by atoms with van der Waals surface area (Å²) >= 11 is 0. The van der Waals surface area contributed by atoms with Gasteiger partial charge in [0.25, 0.3) is 0 Å². The third-order valence-electron chi connectivity index (χ3n) is 8.81. The summed E-state index contributed by atoms with van der Waals surface area (Å²) in [4.78, 5) is 43.9. The van der Waals surface area contributed by atoms with E-state index in [9.17, 15) is 9.59 Å². The van der Waals surface area contributed by atoms with Crippen LogP contribution in [0.2, 0.25) is 0 Å². The van der Waals surface area contributed by atoms with Crippen LogP contribution < -0.4 is 24.8 Å². The van der Waals surface area contributed by atoms with Crippen LogP contribution in [0.15, 0.2) is 18.3 Å². The van der Waals surface area contributed by atoms with Gasteiger partial charge in [0.2, 0.25) is 17.8 Å². The standard InChI is InChI=1S/C29H39N7O3/c1-4-22-28(38)33(2)24-17-30-29(32-27(24)36(22)20-9-5-6-10-20)31-21-15-19-11-14-35(23(19)16-25(21)39-3)26(37)18-34-12-7-8-13-34/h15-17,20,22H,4-14,18H2,1-3H3,(H,30,31,32)/t22-/m1/s1. The van der Waals surface area contributed by atoms with Crippen LogP contribution in [-0.4, -0.2) is 79.1 Å². The molecule has 1 saturated carbocycles. The summed E-state index contributed by atoms with van der Waals surface area (Å²) in [7, 11) is 3.45. The molecule has 2 amide bonds. The molecule has 0 bridgehead atoms. The molecule has 39 heavy (non-hydrogen) atoms. The number of anilines is 5. The van der Waals surface area contributed by atoms with Crippen molar-refractivity contribution in [3.63, 3.8) is 0 Å². The molecule has 1 aromatic carbocycles. The van der Waals surface area contributed by atoms with Crippen LogP contribution in [0.25, 0.3) is 0 Å². The van der Waals surface area contributed by atoms with Gasteiger partial charge in [-0.25, -0.2) is 4.98 Å². The highest BCUT2D eigenvalue weighted by atomic mass is 16.5. The number of benzene rings is 1. The van der Waals surface area contributed by atoms with E-state index >= 15 is 0 Å². The Hall–Kier alpha value is -3.40. The summed E-state index contributed by atoms with van der Waals surface area (Å²) in [6, 6.07) is 4.11. The molecule has 0 spiro atoms. The number of likely N-dealkylation sites (N-methyl/N-ethyl adjacent to an activating group) is 1. The first kappa shape index (κ1) is 25.9. The van der Waals surface area contributed by atoms with Crippen molar-refractivity contribution in [1.82, 2.24) is 14.9 Å². The molecule has 10 heteroatoms. The van der Waals surface area contributed by atoms with E-state index in [-0.39, 0.29) is 17.9 Å². The third kappa shape index (κ3) is 4.68. The molecule has 2 fully saturated rings. The van der Waals surface area contributed by atoms with E-state index in [1.807, 2.05) is 18.0 Å². The number of fused-ring (bicyclic) bond motifs is 2. The van der Waals surface area contributed by atoms with Gasteiger partial charge >= 0.3 is 0 Å². The van der Waals surface area contributed by atoms with Gasteiger partial charge in [0.1, 0.15) is 17.5 Å². The van der Waals surface area contributed by atoms with Crippen molar-refractivity contribution in [3.05, 3.63) is 23.9 Å². The molecule has 1 saturated heterocycles. The van der Waals surface area contributed by atoms with Gasteiger partial charge in [0.15, 0.2) is 5.82 Å². The highest BCUT2D eigenvalue weighted by Crippen LogP contribution is 2.42. The fourth-order valence-electron chi connectivity index (χ4n) is 6.72. The molecule has 1 atom stereocenters. The molecule has 1 N–H and O–H groups in total. The molecule has 4 aliphatic rings. The van der Waals surface area contributed by atoms with Crippen molar-refractivity contribution in [3.8, 4) is 5.75 Å². The van der Waals surface area contributed by atoms with E-state index < -0.39 is 0 Å². The lowest BCUT2D eigenvalue weighted by atomic mass is 10.0. The molecular weight excluding hydrogens is 494 g/mol. The Kier molecular flexibility index (Phi) is 7.05. The number of carbonyl (C=O) groups excluding carboxylic acids is 2. The Morgan fingerprint density at radius 2 is 1.87 bits per heavy atom. The first-order chi connectivity index (χ1) is 19.0. The summed E-state index contributed by atoms with van der Waals surface area (Å²) in [5, 5.41) is 3.39. The molecule has 6 rings (SSSR count).